The number of amides is 1. The van der Waals surface area contributed by atoms with Crippen LogP contribution < -0.4 is 5.32 Å². The number of furan rings is 2. The summed E-state index contributed by atoms with van der Waals surface area (Å²) < 4.78 is 11.2. The van der Waals surface area contributed by atoms with Gasteiger partial charge in [0.25, 0.3) is 11.6 Å². The second-order valence-corrected chi connectivity index (χ2v) is 9.53. The summed E-state index contributed by atoms with van der Waals surface area (Å²) in [4.78, 5) is 29.5. The van der Waals surface area contributed by atoms with Crippen molar-refractivity contribution < 1.29 is 18.6 Å². The zero-order chi connectivity index (χ0) is 24.4. The van der Waals surface area contributed by atoms with Gasteiger partial charge < -0.3 is 14.2 Å². The fourth-order valence-electron chi connectivity index (χ4n) is 4.05. The molecule has 8 nitrogen and oxygen atoms in total. The number of carbonyl (C=O) groups is 1. The maximum Gasteiger partial charge on any atom is 0.270 e. The smallest absolute Gasteiger partial charge is 0.270 e. The van der Waals surface area contributed by atoms with Crippen LogP contribution in [-0.4, -0.2) is 17.0 Å². The van der Waals surface area contributed by atoms with Gasteiger partial charge in [-0.1, -0.05) is 11.6 Å². The van der Waals surface area contributed by atoms with Crippen LogP contribution in [0.25, 0.3) is 11.3 Å². The third kappa shape index (κ3) is 4.91. The van der Waals surface area contributed by atoms with Gasteiger partial charge >= 0.3 is 0 Å². The highest BCUT2D eigenvalue weighted by atomic mass is 35.5. The third-order valence-electron chi connectivity index (χ3n) is 5.75. The number of hydrogen-bond donors (Lipinski definition) is 1. The molecule has 1 aromatic carbocycles. The first-order valence-corrected chi connectivity index (χ1v) is 12.2. The van der Waals surface area contributed by atoms with E-state index in [9.17, 15) is 14.9 Å². The number of aryl methyl sites for hydroxylation is 1. The first-order chi connectivity index (χ1) is 17.0. The van der Waals surface area contributed by atoms with Gasteiger partial charge in [-0.15, -0.1) is 11.3 Å². The van der Waals surface area contributed by atoms with Crippen LogP contribution in [0.4, 0.5) is 10.7 Å². The number of rotatable bonds is 7. The molecule has 4 aromatic rings. The zero-order valence-electron chi connectivity index (χ0n) is 18.5. The molecule has 0 radical (unpaired) electrons. The van der Waals surface area contributed by atoms with Gasteiger partial charge in [-0.25, -0.2) is 4.99 Å². The standard InChI is InChI=1S/C25H20ClN3O5S/c26-20-9-7-15(29(31)32)12-19(20)21-10-8-17(34-21)14-28-25-23(18-5-1-2-6-22(18)35-25)24(30)27-13-16-4-3-11-33-16/h3-4,7-12,14H,1-2,5-6,13H2,(H,27,30)/b28-14-. The highest BCUT2D eigenvalue weighted by Gasteiger charge is 2.25. The summed E-state index contributed by atoms with van der Waals surface area (Å²) in [5.74, 6) is 1.32. The van der Waals surface area contributed by atoms with E-state index in [4.69, 9.17) is 20.4 Å². The van der Waals surface area contributed by atoms with Crippen molar-refractivity contribution in [3.8, 4) is 11.3 Å². The van der Waals surface area contributed by atoms with Crippen molar-refractivity contribution in [2.75, 3.05) is 0 Å². The van der Waals surface area contributed by atoms with Crippen LogP contribution in [0.15, 0.2) is 62.6 Å². The van der Waals surface area contributed by atoms with Crippen molar-refractivity contribution in [1.82, 2.24) is 5.32 Å². The van der Waals surface area contributed by atoms with Gasteiger partial charge in [0, 0.05) is 22.6 Å². The molecule has 1 N–H and O–H groups in total. The predicted octanol–water partition coefficient (Wildman–Crippen LogP) is 6.72. The third-order valence-corrected chi connectivity index (χ3v) is 7.27. The highest BCUT2D eigenvalue weighted by Crippen LogP contribution is 2.40. The summed E-state index contributed by atoms with van der Waals surface area (Å²) in [7, 11) is 0. The van der Waals surface area contributed by atoms with Crippen molar-refractivity contribution in [3.63, 3.8) is 0 Å². The Morgan fingerprint density at radius 2 is 2.09 bits per heavy atom. The number of nitro benzene ring substituents is 1. The highest BCUT2D eigenvalue weighted by molar-refractivity contribution is 7.16. The van der Waals surface area contributed by atoms with E-state index in [1.165, 1.54) is 34.4 Å². The molecule has 1 amide bonds. The fraction of sp³-hybridized carbons (Fsp3) is 0.200. The molecule has 35 heavy (non-hydrogen) atoms. The molecule has 3 heterocycles. The van der Waals surface area contributed by atoms with Gasteiger partial charge in [0.15, 0.2) is 0 Å². The molecular formula is C25H20ClN3O5S. The van der Waals surface area contributed by atoms with Crippen LogP contribution in [0, 0.1) is 10.1 Å². The molecule has 0 spiro atoms. The molecule has 10 heteroatoms. The Kier molecular flexibility index (Phi) is 6.52. The van der Waals surface area contributed by atoms with Crippen LogP contribution in [0.2, 0.25) is 5.02 Å². The zero-order valence-corrected chi connectivity index (χ0v) is 20.0. The molecule has 1 aliphatic carbocycles. The molecule has 0 fully saturated rings. The quantitative estimate of drug-likeness (QED) is 0.169. The molecule has 3 aromatic heterocycles. The lowest BCUT2D eigenvalue weighted by atomic mass is 9.95. The summed E-state index contributed by atoms with van der Waals surface area (Å²) in [5, 5.41) is 15.0. The molecule has 0 bridgehead atoms. The number of benzene rings is 1. The van der Waals surface area contributed by atoms with Crippen molar-refractivity contribution in [3.05, 3.63) is 91.4 Å². The molecule has 0 atom stereocenters. The van der Waals surface area contributed by atoms with E-state index in [1.54, 1.807) is 30.7 Å². The first kappa shape index (κ1) is 23.1. The van der Waals surface area contributed by atoms with Gasteiger partial charge in [-0.05, 0) is 61.6 Å². The molecule has 0 saturated heterocycles. The van der Waals surface area contributed by atoms with Crippen molar-refractivity contribution in [2.24, 2.45) is 4.99 Å². The van der Waals surface area contributed by atoms with Gasteiger partial charge in [0.2, 0.25) is 0 Å². The molecule has 0 aliphatic heterocycles. The molecule has 178 valence electrons. The van der Waals surface area contributed by atoms with Crippen LogP contribution in [0.1, 0.15) is 45.2 Å². The number of fused-ring (bicyclic) bond motifs is 1. The van der Waals surface area contributed by atoms with E-state index in [0.29, 0.717) is 45.0 Å². The predicted molar refractivity (Wildman–Crippen MR) is 134 cm³/mol. The Hall–Kier alpha value is -3.69. The molecular weight excluding hydrogens is 490 g/mol. The number of nitrogens with one attached hydrogen (secondary N) is 1. The minimum Gasteiger partial charge on any atom is -0.467 e. The average Bonchev–Trinajstić information content (AvgIpc) is 3.61. The lowest BCUT2D eigenvalue weighted by Gasteiger charge is -2.12. The maximum absolute atomic E-state index is 13.1. The summed E-state index contributed by atoms with van der Waals surface area (Å²) in [6, 6.07) is 11.2. The van der Waals surface area contributed by atoms with Gasteiger partial charge in [-0.2, -0.15) is 0 Å². The molecule has 1 aliphatic rings. The molecule has 5 rings (SSSR count). The maximum atomic E-state index is 13.1. The Balaban J connectivity index is 1.41. The van der Waals surface area contributed by atoms with E-state index < -0.39 is 4.92 Å². The van der Waals surface area contributed by atoms with Crippen molar-refractivity contribution >= 4 is 45.7 Å². The second-order valence-electron chi connectivity index (χ2n) is 8.03. The molecule has 0 saturated carbocycles. The Morgan fingerprint density at radius 3 is 2.89 bits per heavy atom. The minimum atomic E-state index is -0.484. The number of aliphatic imine (C=N–C) groups is 1. The normalized spacial score (nSPS) is 13.2. The number of hydrogen-bond acceptors (Lipinski definition) is 7. The summed E-state index contributed by atoms with van der Waals surface area (Å²) in [5.41, 5.74) is 2.00. The SMILES string of the molecule is O=C(NCc1ccco1)c1c(/N=C\c2ccc(-c3cc([N+](=O)[O-])ccc3Cl)o2)sc2c1CCCC2. The second kappa shape index (κ2) is 9.89. The van der Waals surface area contributed by atoms with Gasteiger partial charge in [0.05, 0.1) is 34.5 Å². The van der Waals surface area contributed by atoms with Crippen LogP contribution in [-0.2, 0) is 19.4 Å². The van der Waals surface area contributed by atoms with Crippen LogP contribution >= 0.6 is 22.9 Å². The lowest BCUT2D eigenvalue weighted by molar-refractivity contribution is -0.384. The number of halogens is 1. The van der Waals surface area contributed by atoms with E-state index in [2.05, 4.69) is 10.3 Å². The van der Waals surface area contributed by atoms with Crippen LogP contribution in [0.3, 0.4) is 0 Å². The Labute approximate surface area is 209 Å². The largest absolute Gasteiger partial charge is 0.467 e. The first-order valence-electron chi connectivity index (χ1n) is 11.0. The number of thiophene rings is 1. The van der Waals surface area contributed by atoms with Gasteiger partial charge in [0.1, 0.15) is 22.3 Å². The van der Waals surface area contributed by atoms with E-state index in [0.717, 1.165) is 31.2 Å². The average molecular weight is 510 g/mol. The topological polar surface area (TPSA) is 111 Å². The minimum absolute atomic E-state index is 0.0783. The van der Waals surface area contributed by atoms with Crippen molar-refractivity contribution in [2.45, 2.75) is 32.2 Å². The summed E-state index contributed by atoms with van der Waals surface area (Å²) >= 11 is 7.76. The Morgan fingerprint density at radius 1 is 1.23 bits per heavy atom. The number of nitro groups is 1. The number of nitrogens with zero attached hydrogens (tertiary/aromatic N) is 2. The fourth-order valence-corrected chi connectivity index (χ4v) is 5.49. The summed E-state index contributed by atoms with van der Waals surface area (Å²) in [6.45, 7) is 0.297. The molecule has 0 unspecified atom stereocenters. The van der Waals surface area contributed by atoms with E-state index in [1.807, 2.05) is 6.07 Å². The number of carbonyl (C=O) groups excluding carboxylic acids is 1. The lowest BCUT2D eigenvalue weighted by Crippen LogP contribution is -2.23. The van der Waals surface area contributed by atoms with E-state index in [-0.39, 0.29) is 11.6 Å². The van der Waals surface area contributed by atoms with Gasteiger partial charge in [-0.3, -0.25) is 14.9 Å². The number of non-ortho nitro benzene ring substituents is 1. The summed E-state index contributed by atoms with van der Waals surface area (Å²) in [6.07, 6.45) is 7.04. The van der Waals surface area contributed by atoms with E-state index >= 15 is 0 Å². The Bertz CT molecular complexity index is 1420. The van der Waals surface area contributed by atoms with Crippen molar-refractivity contribution in [1.29, 1.82) is 0 Å². The monoisotopic (exact) mass is 509 g/mol. The van der Waals surface area contributed by atoms with Crippen LogP contribution in [0.5, 0.6) is 0 Å².